The van der Waals surface area contributed by atoms with Crippen LogP contribution in [0.5, 0.6) is 11.5 Å². The highest BCUT2D eigenvalue weighted by Crippen LogP contribution is 2.32. The molecule has 1 aromatic heterocycles. The second-order valence-electron chi connectivity index (χ2n) is 8.25. The molecule has 0 saturated carbocycles. The van der Waals surface area contributed by atoms with E-state index in [2.05, 4.69) is 10.6 Å². The summed E-state index contributed by atoms with van der Waals surface area (Å²) >= 11 is 0. The van der Waals surface area contributed by atoms with Crippen molar-refractivity contribution in [1.29, 1.82) is 0 Å². The highest BCUT2D eigenvalue weighted by Gasteiger charge is 2.14. The Labute approximate surface area is 209 Å². The third-order valence-corrected chi connectivity index (χ3v) is 5.55. The Hall–Kier alpha value is -4.59. The molecule has 184 valence electrons. The molecule has 0 aliphatic carbocycles. The van der Waals surface area contributed by atoms with Gasteiger partial charge in [0, 0.05) is 22.7 Å². The summed E-state index contributed by atoms with van der Waals surface area (Å²) in [5, 5.41) is 6.28. The number of urea groups is 1. The summed E-state index contributed by atoms with van der Waals surface area (Å²) < 4.78 is 15.8. The van der Waals surface area contributed by atoms with Crippen molar-refractivity contribution >= 4 is 34.3 Å². The van der Waals surface area contributed by atoms with Gasteiger partial charge >= 0.3 is 12.0 Å². The van der Waals surface area contributed by atoms with E-state index in [4.69, 9.17) is 19.2 Å². The van der Waals surface area contributed by atoms with Crippen LogP contribution in [-0.2, 0) is 9.53 Å². The lowest BCUT2D eigenvalue weighted by Gasteiger charge is -2.14. The van der Waals surface area contributed by atoms with Crippen LogP contribution in [0.1, 0.15) is 11.1 Å². The van der Waals surface area contributed by atoms with Gasteiger partial charge in [-0.2, -0.15) is 0 Å². The number of carbonyl (C=O) groups excluding carboxylic acids is 2. The summed E-state index contributed by atoms with van der Waals surface area (Å²) in [4.78, 5) is 29.2. The number of aromatic nitrogens is 1. The van der Waals surface area contributed by atoms with Gasteiger partial charge in [0.15, 0.2) is 6.61 Å². The van der Waals surface area contributed by atoms with Gasteiger partial charge < -0.3 is 24.8 Å². The number of hydrogen-bond acceptors (Lipinski definition) is 6. The third kappa shape index (κ3) is 5.72. The summed E-state index contributed by atoms with van der Waals surface area (Å²) in [7, 11) is 2.85. The van der Waals surface area contributed by atoms with Gasteiger partial charge in [-0.1, -0.05) is 35.9 Å². The molecule has 2 amide bonds. The lowest BCUT2D eigenvalue weighted by atomic mass is 10.1. The van der Waals surface area contributed by atoms with Crippen molar-refractivity contribution in [3.63, 3.8) is 0 Å². The van der Waals surface area contributed by atoms with E-state index in [9.17, 15) is 9.59 Å². The van der Waals surface area contributed by atoms with Crippen LogP contribution in [0.15, 0.2) is 66.7 Å². The Morgan fingerprint density at radius 3 is 2.31 bits per heavy atom. The minimum Gasteiger partial charge on any atom is -0.495 e. The zero-order chi connectivity index (χ0) is 25.7. The van der Waals surface area contributed by atoms with Gasteiger partial charge in [-0.25, -0.2) is 14.6 Å². The molecule has 36 heavy (non-hydrogen) atoms. The van der Waals surface area contributed by atoms with Gasteiger partial charge in [0.1, 0.15) is 11.5 Å². The summed E-state index contributed by atoms with van der Waals surface area (Å²) in [6.45, 7) is 3.69. The van der Waals surface area contributed by atoms with Crippen LogP contribution in [0.4, 0.5) is 16.2 Å². The maximum absolute atomic E-state index is 12.7. The minimum atomic E-state index is -0.502. The van der Waals surface area contributed by atoms with Gasteiger partial charge in [-0.3, -0.25) is 0 Å². The number of ether oxygens (including phenoxy) is 3. The summed E-state index contributed by atoms with van der Waals surface area (Å²) in [5.74, 6) is 0.503. The number of aryl methyl sites for hydroxylation is 2. The second-order valence-corrected chi connectivity index (χ2v) is 8.25. The number of benzene rings is 3. The predicted molar refractivity (Wildman–Crippen MR) is 140 cm³/mol. The second kappa shape index (κ2) is 10.8. The average Bonchev–Trinajstić information content (AvgIpc) is 2.87. The first-order valence-corrected chi connectivity index (χ1v) is 11.3. The molecule has 0 aliphatic rings. The highest BCUT2D eigenvalue weighted by molar-refractivity contribution is 6.02. The molecule has 0 radical (unpaired) electrons. The first-order valence-electron chi connectivity index (χ1n) is 11.3. The fourth-order valence-electron chi connectivity index (χ4n) is 3.66. The predicted octanol–water partition coefficient (Wildman–Crippen LogP) is 5.72. The topological polar surface area (TPSA) is 98.8 Å². The van der Waals surface area contributed by atoms with Crippen molar-refractivity contribution in [2.45, 2.75) is 13.8 Å². The van der Waals surface area contributed by atoms with Crippen molar-refractivity contribution in [1.82, 2.24) is 4.98 Å². The SMILES string of the molecule is COC(=O)COc1cc(-c2ccc(C)cc2)nc2ccc(NC(=O)Nc3cc(C)ccc3OC)cc12. The summed E-state index contributed by atoms with van der Waals surface area (Å²) in [6.07, 6.45) is 0. The molecule has 4 rings (SSSR count). The van der Waals surface area contributed by atoms with E-state index in [1.54, 1.807) is 37.4 Å². The molecule has 4 aromatic rings. The fourth-order valence-corrected chi connectivity index (χ4v) is 3.66. The molecule has 0 spiro atoms. The Kier molecular flexibility index (Phi) is 7.34. The molecule has 0 unspecified atom stereocenters. The van der Waals surface area contributed by atoms with Gasteiger partial charge in [0.05, 0.1) is 31.1 Å². The number of methoxy groups -OCH3 is 2. The molecule has 0 fully saturated rings. The molecule has 3 aromatic carbocycles. The number of nitrogens with zero attached hydrogens (tertiary/aromatic N) is 1. The van der Waals surface area contributed by atoms with Crippen molar-refractivity contribution in [2.24, 2.45) is 0 Å². The number of fused-ring (bicyclic) bond motifs is 1. The molecule has 1 heterocycles. The third-order valence-electron chi connectivity index (χ3n) is 5.55. The number of rotatable bonds is 7. The van der Waals surface area contributed by atoms with Crippen LogP contribution >= 0.6 is 0 Å². The maximum Gasteiger partial charge on any atom is 0.343 e. The molecule has 0 aliphatic heterocycles. The number of carbonyl (C=O) groups is 2. The van der Waals surface area contributed by atoms with Gasteiger partial charge in [0.25, 0.3) is 0 Å². The smallest absolute Gasteiger partial charge is 0.343 e. The molecular weight excluding hydrogens is 458 g/mol. The highest BCUT2D eigenvalue weighted by atomic mass is 16.6. The quantitative estimate of drug-likeness (QED) is 0.325. The molecule has 0 bridgehead atoms. The molecule has 0 atom stereocenters. The van der Waals surface area contributed by atoms with E-state index in [0.29, 0.717) is 39.5 Å². The minimum absolute atomic E-state index is 0.256. The van der Waals surface area contributed by atoms with Crippen molar-refractivity contribution in [3.05, 3.63) is 77.9 Å². The Morgan fingerprint density at radius 2 is 1.58 bits per heavy atom. The summed E-state index contributed by atoms with van der Waals surface area (Å²) in [6, 6.07) is 20.1. The van der Waals surface area contributed by atoms with Crippen LogP contribution in [0.25, 0.3) is 22.2 Å². The average molecular weight is 486 g/mol. The van der Waals surface area contributed by atoms with E-state index < -0.39 is 12.0 Å². The lowest BCUT2D eigenvalue weighted by Crippen LogP contribution is -2.20. The number of anilines is 2. The van der Waals surface area contributed by atoms with E-state index in [1.807, 2.05) is 50.2 Å². The first-order chi connectivity index (χ1) is 17.4. The standard InChI is InChI=1S/C28H27N3O5/c1-17-5-8-19(9-6-17)23-15-26(36-16-27(32)35-4)21-14-20(10-11-22(21)30-23)29-28(33)31-24-13-18(2)7-12-25(24)34-3/h5-15H,16H2,1-4H3,(H2,29,31,33). The lowest BCUT2D eigenvalue weighted by molar-refractivity contribution is -0.142. The van der Waals surface area contributed by atoms with Crippen LogP contribution in [-0.4, -0.2) is 37.8 Å². The fraction of sp³-hybridized carbons (Fsp3) is 0.179. The van der Waals surface area contributed by atoms with Crippen molar-refractivity contribution in [3.8, 4) is 22.8 Å². The number of nitrogens with one attached hydrogen (secondary N) is 2. The first kappa shape index (κ1) is 24.5. The van der Waals surface area contributed by atoms with E-state index in [1.165, 1.54) is 7.11 Å². The molecule has 8 nitrogen and oxygen atoms in total. The van der Waals surface area contributed by atoms with Crippen LogP contribution in [0, 0.1) is 13.8 Å². The number of pyridine rings is 1. The van der Waals surface area contributed by atoms with E-state index in [-0.39, 0.29) is 6.61 Å². The van der Waals surface area contributed by atoms with Gasteiger partial charge in [-0.05, 0) is 49.7 Å². The largest absolute Gasteiger partial charge is 0.495 e. The maximum atomic E-state index is 12.7. The van der Waals surface area contributed by atoms with Crippen molar-refractivity contribution in [2.75, 3.05) is 31.5 Å². The zero-order valence-electron chi connectivity index (χ0n) is 20.5. The van der Waals surface area contributed by atoms with Crippen molar-refractivity contribution < 1.29 is 23.8 Å². The van der Waals surface area contributed by atoms with Gasteiger partial charge in [0.2, 0.25) is 0 Å². The monoisotopic (exact) mass is 485 g/mol. The van der Waals surface area contributed by atoms with Crippen LogP contribution in [0.2, 0.25) is 0 Å². The molecular formula is C28H27N3O5. The Bertz CT molecular complexity index is 1420. The van der Waals surface area contributed by atoms with E-state index >= 15 is 0 Å². The molecule has 0 saturated heterocycles. The van der Waals surface area contributed by atoms with Crippen LogP contribution < -0.4 is 20.1 Å². The Morgan fingerprint density at radius 1 is 0.833 bits per heavy atom. The van der Waals surface area contributed by atoms with E-state index in [0.717, 1.165) is 16.7 Å². The number of amides is 2. The normalized spacial score (nSPS) is 10.6. The molecule has 2 N–H and O–H groups in total. The molecule has 8 heteroatoms. The summed E-state index contributed by atoms with van der Waals surface area (Å²) in [5.41, 5.74) is 5.48. The van der Waals surface area contributed by atoms with Crippen LogP contribution in [0.3, 0.4) is 0 Å². The number of esters is 1. The van der Waals surface area contributed by atoms with Gasteiger partial charge in [-0.15, -0.1) is 0 Å². The Balaban J connectivity index is 1.65. The number of hydrogen-bond donors (Lipinski definition) is 2. The zero-order valence-corrected chi connectivity index (χ0v) is 20.5.